The summed E-state index contributed by atoms with van der Waals surface area (Å²) in [7, 11) is 0. The van der Waals surface area contributed by atoms with Gasteiger partial charge in [0.2, 0.25) is 11.8 Å². The summed E-state index contributed by atoms with van der Waals surface area (Å²) in [5.74, 6) is 1.17. The molecule has 2 amide bonds. The normalized spacial score (nSPS) is 12.0. The predicted molar refractivity (Wildman–Crippen MR) is 117 cm³/mol. The van der Waals surface area contributed by atoms with Gasteiger partial charge in [0.1, 0.15) is 5.76 Å². The molecular weight excluding hydrogens is 388 g/mol. The van der Waals surface area contributed by atoms with Gasteiger partial charge in [0.15, 0.2) is 5.82 Å². The van der Waals surface area contributed by atoms with Gasteiger partial charge < -0.3 is 15.2 Å². The molecule has 0 aliphatic carbocycles. The zero-order valence-corrected chi connectivity index (χ0v) is 18.1. The summed E-state index contributed by atoms with van der Waals surface area (Å²) in [5, 5.41) is 9.37. The van der Waals surface area contributed by atoms with E-state index >= 15 is 0 Å². The van der Waals surface area contributed by atoms with E-state index in [1.165, 1.54) is 17.3 Å². The van der Waals surface area contributed by atoms with Crippen LogP contribution in [0.1, 0.15) is 25.2 Å². The number of nitrogens with one attached hydrogen (secondary N) is 2. The van der Waals surface area contributed by atoms with Crippen LogP contribution in [0.3, 0.4) is 0 Å². The first-order valence-corrected chi connectivity index (χ1v) is 11.0. The Hall–Kier alpha value is -2.32. The Morgan fingerprint density at radius 3 is 2.45 bits per heavy atom. The van der Waals surface area contributed by atoms with Crippen LogP contribution in [0.25, 0.3) is 0 Å². The molecule has 0 radical (unpaired) electrons. The minimum Gasteiger partial charge on any atom is -0.360 e. The fourth-order valence-corrected chi connectivity index (χ4v) is 3.73. The van der Waals surface area contributed by atoms with Crippen LogP contribution in [0.15, 0.2) is 40.9 Å². The summed E-state index contributed by atoms with van der Waals surface area (Å²) < 4.78 is 4.90. The Balaban J connectivity index is 1.74. The minimum atomic E-state index is -0.207. The van der Waals surface area contributed by atoms with Gasteiger partial charge in [0.05, 0.1) is 11.5 Å². The van der Waals surface area contributed by atoms with E-state index in [2.05, 4.69) is 46.7 Å². The number of benzene rings is 1. The van der Waals surface area contributed by atoms with Gasteiger partial charge in [0.25, 0.3) is 0 Å². The van der Waals surface area contributed by atoms with Crippen molar-refractivity contribution in [2.75, 3.05) is 36.5 Å². The number of aromatic nitrogens is 1. The fourth-order valence-electron chi connectivity index (χ4n) is 3.08. The third-order valence-electron chi connectivity index (χ3n) is 4.54. The summed E-state index contributed by atoms with van der Waals surface area (Å²) in [6.07, 6.45) is 0.884. The van der Waals surface area contributed by atoms with Gasteiger partial charge in [-0.1, -0.05) is 49.3 Å². The maximum absolute atomic E-state index is 12.2. The van der Waals surface area contributed by atoms with Gasteiger partial charge in [-0.3, -0.25) is 14.5 Å². The van der Waals surface area contributed by atoms with E-state index in [1.807, 2.05) is 18.2 Å². The first-order chi connectivity index (χ1) is 14.0. The van der Waals surface area contributed by atoms with E-state index in [0.717, 1.165) is 19.5 Å². The van der Waals surface area contributed by atoms with Crippen LogP contribution in [-0.2, 0) is 16.0 Å². The number of thioether (sulfide) groups is 1. The van der Waals surface area contributed by atoms with Crippen molar-refractivity contribution >= 4 is 29.4 Å². The number of likely N-dealkylation sites (N-methyl/N-ethyl adjacent to an activating group) is 1. The first-order valence-electron chi connectivity index (χ1n) is 9.87. The van der Waals surface area contributed by atoms with E-state index < -0.39 is 0 Å². The van der Waals surface area contributed by atoms with Crippen molar-refractivity contribution in [3.8, 4) is 0 Å². The van der Waals surface area contributed by atoms with Crippen LogP contribution >= 0.6 is 11.8 Å². The number of carbonyl (C=O) groups excluding carboxylic acids is 2. The Bertz CT molecular complexity index is 762. The van der Waals surface area contributed by atoms with Crippen molar-refractivity contribution in [1.29, 1.82) is 0 Å². The van der Waals surface area contributed by atoms with E-state index in [4.69, 9.17) is 4.52 Å². The summed E-state index contributed by atoms with van der Waals surface area (Å²) in [4.78, 5) is 26.5. The number of anilines is 1. The lowest BCUT2D eigenvalue weighted by Gasteiger charge is -2.30. The van der Waals surface area contributed by atoms with Crippen molar-refractivity contribution in [3.05, 3.63) is 47.7 Å². The molecule has 0 spiro atoms. The highest BCUT2D eigenvalue weighted by Gasteiger charge is 2.17. The molecule has 0 saturated heterocycles. The van der Waals surface area contributed by atoms with E-state index in [9.17, 15) is 9.59 Å². The summed E-state index contributed by atoms with van der Waals surface area (Å²) in [6.45, 7) is 8.47. The maximum Gasteiger partial charge on any atom is 0.235 e. The van der Waals surface area contributed by atoms with E-state index in [0.29, 0.717) is 18.1 Å². The molecule has 2 N–H and O–H groups in total. The SMILES string of the molecule is CCN(CC)C(CNC(=O)CSCC(=O)Nc1cc(C)on1)Cc1ccccc1. The van der Waals surface area contributed by atoms with Gasteiger partial charge in [-0.15, -0.1) is 11.8 Å². The highest BCUT2D eigenvalue weighted by atomic mass is 32.2. The largest absolute Gasteiger partial charge is 0.360 e. The standard InChI is InChI=1S/C21H30N4O3S/c1-4-25(5-2)18(12-17-9-7-6-8-10-17)13-22-20(26)14-29-15-21(27)23-19-11-16(3)28-24-19/h6-11,18H,4-5,12-15H2,1-3H3,(H,22,26)(H,23,24,27). The van der Waals surface area contributed by atoms with Crippen LogP contribution in [0.5, 0.6) is 0 Å². The third-order valence-corrected chi connectivity index (χ3v) is 5.47. The Morgan fingerprint density at radius 1 is 1.14 bits per heavy atom. The number of hydrogen-bond donors (Lipinski definition) is 2. The monoisotopic (exact) mass is 418 g/mol. The molecule has 158 valence electrons. The second-order valence-electron chi connectivity index (χ2n) is 6.73. The molecule has 0 bridgehead atoms. The van der Waals surface area contributed by atoms with E-state index in [1.54, 1.807) is 13.0 Å². The number of carbonyl (C=O) groups is 2. The molecular formula is C21H30N4O3S. The second kappa shape index (κ2) is 12.3. The van der Waals surface area contributed by atoms with Gasteiger partial charge in [-0.05, 0) is 32.0 Å². The topological polar surface area (TPSA) is 87.5 Å². The predicted octanol–water partition coefficient (Wildman–Crippen LogP) is 2.72. The van der Waals surface area contributed by atoms with Gasteiger partial charge in [-0.25, -0.2) is 0 Å². The van der Waals surface area contributed by atoms with Gasteiger partial charge >= 0.3 is 0 Å². The highest BCUT2D eigenvalue weighted by molar-refractivity contribution is 8.00. The van der Waals surface area contributed by atoms with Crippen LogP contribution in [0.4, 0.5) is 5.82 Å². The van der Waals surface area contributed by atoms with Crippen molar-refractivity contribution < 1.29 is 14.1 Å². The lowest BCUT2D eigenvalue weighted by molar-refractivity contribution is -0.118. The summed E-state index contributed by atoms with van der Waals surface area (Å²) >= 11 is 1.27. The first kappa shape index (κ1) is 23.0. The van der Waals surface area contributed by atoms with Crippen molar-refractivity contribution in [3.63, 3.8) is 0 Å². The molecule has 1 unspecified atom stereocenters. The van der Waals surface area contributed by atoms with Crippen LogP contribution in [0, 0.1) is 6.92 Å². The molecule has 1 atom stereocenters. The van der Waals surface area contributed by atoms with Crippen LogP contribution in [-0.4, -0.2) is 59.1 Å². The molecule has 1 heterocycles. The number of hydrogen-bond acceptors (Lipinski definition) is 6. The highest BCUT2D eigenvalue weighted by Crippen LogP contribution is 2.10. The molecule has 2 rings (SSSR count). The number of aryl methyl sites for hydroxylation is 1. The minimum absolute atomic E-state index is 0.0645. The molecule has 7 nitrogen and oxygen atoms in total. The average Bonchev–Trinajstić information content (AvgIpc) is 3.12. The smallest absolute Gasteiger partial charge is 0.235 e. The van der Waals surface area contributed by atoms with Crippen molar-refractivity contribution in [2.24, 2.45) is 0 Å². The number of rotatable bonds is 12. The van der Waals surface area contributed by atoms with Gasteiger partial charge in [0, 0.05) is 18.7 Å². The molecule has 0 saturated carbocycles. The average molecular weight is 419 g/mol. The molecule has 1 aromatic heterocycles. The quantitative estimate of drug-likeness (QED) is 0.551. The zero-order chi connectivity index (χ0) is 21.1. The lowest BCUT2D eigenvalue weighted by Crippen LogP contribution is -2.45. The summed E-state index contributed by atoms with van der Waals surface area (Å²) in [5.41, 5.74) is 1.26. The fraction of sp³-hybridized carbons (Fsp3) is 0.476. The van der Waals surface area contributed by atoms with E-state index in [-0.39, 0.29) is 29.4 Å². The molecule has 1 aromatic carbocycles. The lowest BCUT2D eigenvalue weighted by atomic mass is 10.0. The van der Waals surface area contributed by atoms with Crippen molar-refractivity contribution in [2.45, 2.75) is 33.2 Å². The number of amides is 2. The molecule has 0 aliphatic heterocycles. The molecule has 0 fully saturated rings. The maximum atomic E-state index is 12.2. The summed E-state index contributed by atoms with van der Waals surface area (Å²) in [6, 6.07) is 12.2. The second-order valence-corrected chi connectivity index (χ2v) is 7.72. The molecule has 2 aromatic rings. The third kappa shape index (κ3) is 8.29. The van der Waals surface area contributed by atoms with Crippen molar-refractivity contribution in [1.82, 2.24) is 15.4 Å². The Kier molecular flexibility index (Phi) is 9.73. The van der Waals surface area contributed by atoms with Crippen LogP contribution < -0.4 is 10.6 Å². The Morgan fingerprint density at radius 2 is 1.83 bits per heavy atom. The Labute approximate surface area is 176 Å². The van der Waals surface area contributed by atoms with Crippen LogP contribution in [0.2, 0.25) is 0 Å². The zero-order valence-electron chi connectivity index (χ0n) is 17.3. The molecule has 8 heteroatoms. The number of nitrogens with zero attached hydrogens (tertiary/aromatic N) is 2. The molecule has 29 heavy (non-hydrogen) atoms. The van der Waals surface area contributed by atoms with Gasteiger partial charge in [-0.2, -0.15) is 0 Å². The molecule has 0 aliphatic rings.